The van der Waals surface area contributed by atoms with Crippen molar-refractivity contribution in [3.05, 3.63) is 67.6 Å². The molecule has 0 aliphatic heterocycles. The van der Waals surface area contributed by atoms with Crippen molar-refractivity contribution >= 4 is 52.3 Å². The van der Waals surface area contributed by atoms with Crippen LogP contribution in [0.5, 0.6) is 0 Å². The summed E-state index contributed by atoms with van der Waals surface area (Å²) in [5, 5.41) is 4.46. The third kappa shape index (κ3) is 3.80. The van der Waals surface area contributed by atoms with Crippen LogP contribution in [0.25, 0.3) is 0 Å². The van der Waals surface area contributed by atoms with Crippen LogP contribution in [-0.2, 0) is 6.54 Å². The van der Waals surface area contributed by atoms with Crippen LogP contribution in [0.3, 0.4) is 0 Å². The van der Waals surface area contributed by atoms with E-state index in [2.05, 4.69) is 5.32 Å². The summed E-state index contributed by atoms with van der Waals surface area (Å²) < 4.78 is 0. The summed E-state index contributed by atoms with van der Waals surface area (Å²) in [4.78, 5) is 12.0. The first-order valence-corrected chi connectivity index (χ1v) is 7.16. The first kappa shape index (κ1) is 15.5. The van der Waals surface area contributed by atoms with Crippen molar-refractivity contribution in [3.8, 4) is 0 Å². The number of carbonyl (C=O) groups is 1. The van der Waals surface area contributed by atoms with E-state index in [-0.39, 0.29) is 5.91 Å². The Bertz CT molecular complexity index is 658. The van der Waals surface area contributed by atoms with Gasteiger partial charge in [0.15, 0.2) is 0 Å². The molecule has 0 radical (unpaired) electrons. The molecule has 20 heavy (non-hydrogen) atoms. The Hall–Kier alpha value is -0.930. The van der Waals surface area contributed by atoms with Crippen molar-refractivity contribution in [1.29, 1.82) is 0 Å². The molecule has 1 amide bonds. The number of benzene rings is 2. The predicted octanol–water partition coefficient (Wildman–Crippen LogP) is 5.23. The molecule has 0 saturated carbocycles. The maximum atomic E-state index is 12.0. The Morgan fingerprint density at radius 3 is 2.30 bits per heavy atom. The highest BCUT2D eigenvalue weighted by molar-refractivity contribution is 6.42. The van der Waals surface area contributed by atoms with Crippen LogP contribution in [0.4, 0.5) is 0 Å². The monoisotopic (exact) mass is 347 g/mol. The van der Waals surface area contributed by atoms with Gasteiger partial charge in [-0.25, -0.2) is 0 Å². The number of amides is 1. The SMILES string of the molecule is O=C(NCc1ccc(Cl)c(Cl)c1)c1cc(Cl)ccc1Cl. The summed E-state index contributed by atoms with van der Waals surface area (Å²) >= 11 is 23.5. The Labute approximate surface area is 136 Å². The Kier molecular flexibility index (Phi) is 5.17. The lowest BCUT2D eigenvalue weighted by atomic mass is 10.2. The summed E-state index contributed by atoms with van der Waals surface area (Å²) in [7, 11) is 0. The van der Waals surface area contributed by atoms with Gasteiger partial charge in [0.2, 0.25) is 0 Å². The van der Waals surface area contributed by atoms with Gasteiger partial charge in [-0.1, -0.05) is 52.5 Å². The quantitative estimate of drug-likeness (QED) is 0.808. The molecule has 2 rings (SSSR count). The predicted molar refractivity (Wildman–Crippen MR) is 84.1 cm³/mol. The van der Waals surface area contributed by atoms with Crippen LogP contribution >= 0.6 is 46.4 Å². The van der Waals surface area contributed by atoms with E-state index < -0.39 is 0 Å². The van der Waals surface area contributed by atoms with Crippen LogP contribution < -0.4 is 5.32 Å². The lowest BCUT2D eigenvalue weighted by Gasteiger charge is -2.08. The fourth-order valence-electron chi connectivity index (χ4n) is 1.60. The maximum absolute atomic E-state index is 12.0. The van der Waals surface area contributed by atoms with Gasteiger partial charge in [0.25, 0.3) is 5.91 Å². The Balaban J connectivity index is 2.08. The molecule has 1 N–H and O–H groups in total. The molecule has 0 heterocycles. The molecular formula is C14H9Cl4NO. The highest BCUT2D eigenvalue weighted by Crippen LogP contribution is 2.23. The number of carbonyl (C=O) groups excluding carboxylic acids is 1. The minimum absolute atomic E-state index is 0.302. The number of hydrogen-bond donors (Lipinski definition) is 1. The summed E-state index contributed by atoms with van der Waals surface area (Å²) in [5.74, 6) is -0.302. The van der Waals surface area contributed by atoms with E-state index in [0.717, 1.165) is 5.56 Å². The number of halogens is 4. The molecular weight excluding hydrogens is 340 g/mol. The van der Waals surface area contributed by atoms with E-state index in [9.17, 15) is 4.79 Å². The van der Waals surface area contributed by atoms with Gasteiger partial charge >= 0.3 is 0 Å². The first-order valence-electron chi connectivity index (χ1n) is 5.64. The van der Waals surface area contributed by atoms with E-state index in [1.807, 2.05) is 0 Å². The minimum Gasteiger partial charge on any atom is -0.348 e. The topological polar surface area (TPSA) is 29.1 Å². The molecule has 0 saturated heterocycles. The van der Waals surface area contributed by atoms with Crippen molar-refractivity contribution in [2.45, 2.75) is 6.54 Å². The molecule has 0 aliphatic rings. The third-order valence-corrected chi connectivity index (χ3v) is 3.91. The normalized spacial score (nSPS) is 10.4. The second-order valence-corrected chi connectivity index (χ2v) is 5.71. The molecule has 0 unspecified atom stereocenters. The molecule has 104 valence electrons. The maximum Gasteiger partial charge on any atom is 0.253 e. The fraction of sp³-hybridized carbons (Fsp3) is 0.0714. The lowest BCUT2D eigenvalue weighted by molar-refractivity contribution is 0.0951. The number of hydrogen-bond acceptors (Lipinski definition) is 1. The van der Waals surface area contributed by atoms with E-state index in [1.54, 1.807) is 30.3 Å². The van der Waals surface area contributed by atoms with Gasteiger partial charge < -0.3 is 5.32 Å². The molecule has 2 aromatic rings. The zero-order valence-corrected chi connectivity index (χ0v) is 13.1. The zero-order valence-electron chi connectivity index (χ0n) is 10.1. The van der Waals surface area contributed by atoms with E-state index >= 15 is 0 Å². The number of rotatable bonds is 3. The van der Waals surface area contributed by atoms with Crippen LogP contribution in [0, 0.1) is 0 Å². The first-order chi connectivity index (χ1) is 9.47. The molecule has 6 heteroatoms. The molecule has 2 aromatic carbocycles. The van der Waals surface area contributed by atoms with Crippen molar-refractivity contribution in [2.75, 3.05) is 0 Å². The Morgan fingerprint density at radius 1 is 0.900 bits per heavy atom. The van der Waals surface area contributed by atoms with Gasteiger partial charge in [-0.15, -0.1) is 0 Å². The molecule has 0 fully saturated rings. The van der Waals surface area contributed by atoms with E-state index in [0.29, 0.717) is 32.2 Å². The average molecular weight is 349 g/mol. The second-order valence-electron chi connectivity index (χ2n) is 4.06. The molecule has 2 nitrogen and oxygen atoms in total. The van der Waals surface area contributed by atoms with Crippen molar-refractivity contribution in [1.82, 2.24) is 5.32 Å². The second kappa shape index (κ2) is 6.68. The van der Waals surface area contributed by atoms with Gasteiger partial charge in [0.05, 0.1) is 20.6 Å². The molecule has 0 aliphatic carbocycles. The van der Waals surface area contributed by atoms with E-state index in [4.69, 9.17) is 46.4 Å². The average Bonchev–Trinajstić information content (AvgIpc) is 2.42. The minimum atomic E-state index is -0.302. The highest BCUT2D eigenvalue weighted by atomic mass is 35.5. The zero-order chi connectivity index (χ0) is 14.7. The Morgan fingerprint density at radius 2 is 1.60 bits per heavy atom. The summed E-state index contributed by atoms with van der Waals surface area (Å²) in [5.41, 5.74) is 1.17. The van der Waals surface area contributed by atoms with Crippen molar-refractivity contribution in [2.24, 2.45) is 0 Å². The lowest BCUT2D eigenvalue weighted by Crippen LogP contribution is -2.23. The third-order valence-electron chi connectivity index (χ3n) is 2.61. The summed E-state index contributed by atoms with van der Waals surface area (Å²) in [6.07, 6.45) is 0. The fourth-order valence-corrected chi connectivity index (χ4v) is 2.29. The van der Waals surface area contributed by atoms with Gasteiger partial charge in [-0.05, 0) is 35.9 Å². The largest absolute Gasteiger partial charge is 0.348 e. The van der Waals surface area contributed by atoms with Gasteiger partial charge in [0.1, 0.15) is 0 Å². The van der Waals surface area contributed by atoms with Gasteiger partial charge in [0, 0.05) is 11.6 Å². The van der Waals surface area contributed by atoms with Crippen molar-refractivity contribution < 1.29 is 4.79 Å². The van der Waals surface area contributed by atoms with Crippen LogP contribution in [-0.4, -0.2) is 5.91 Å². The highest BCUT2D eigenvalue weighted by Gasteiger charge is 2.11. The van der Waals surface area contributed by atoms with Crippen LogP contribution in [0.2, 0.25) is 20.1 Å². The van der Waals surface area contributed by atoms with Crippen molar-refractivity contribution in [3.63, 3.8) is 0 Å². The van der Waals surface area contributed by atoms with Crippen LogP contribution in [0.15, 0.2) is 36.4 Å². The molecule has 0 bridgehead atoms. The molecule has 0 spiro atoms. The molecule has 0 atom stereocenters. The van der Waals surface area contributed by atoms with Gasteiger partial charge in [-0.3, -0.25) is 4.79 Å². The summed E-state index contributed by atoms with van der Waals surface area (Å²) in [6.45, 7) is 0.318. The standard InChI is InChI=1S/C14H9Cl4NO/c15-9-2-4-11(16)10(6-9)14(20)19-7-8-1-3-12(17)13(18)5-8/h1-6H,7H2,(H,19,20). The van der Waals surface area contributed by atoms with Gasteiger partial charge in [-0.2, -0.15) is 0 Å². The smallest absolute Gasteiger partial charge is 0.253 e. The summed E-state index contributed by atoms with van der Waals surface area (Å²) in [6, 6.07) is 9.89. The number of nitrogens with one attached hydrogen (secondary N) is 1. The van der Waals surface area contributed by atoms with E-state index in [1.165, 1.54) is 6.07 Å². The molecule has 0 aromatic heterocycles. The van der Waals surface area contributed by atoms with Crippen LogP contribution in [0.1, 0.15) is 15.9 Å².